The first-order chi connectivity index (χ1) is 6.74. The summed E-state index contributed by atoms with van der Waals surface area (Å²) in [5, 5.41) is 3.20. The summed E-state index contributed by atoms with van der Waals surface area (Å²) < 4.78 is 2.25. The molecule has 0 saturated heterocycles. The van der Waals surface area contributed by atoms with E-state index in [0.717, 1.165) is 6.54 Å². The van der Waals surface area contributed by atoms with Crippen LogP contribution in [0.4, 0.5) is 0 Å². The lowest BCUT2D eigenvalue weighted by Gasteiger charge is -2.03. The van der Waals surface area contributed by atoms with Crippen molar-refractivity contribution in [2.45, 2.75) is 20.4 Å². The molecule has 2 heterocycles. The third-order valence-corrected chi connectivity index (χ3v) is 2.63. The van der Waals surface area contributed by atoms with Gasteiger partial charge in [-0.2, -0.15) is 0 Å². The first-order valence-electron chi connectivity index (χ1n) is 4.95. The van der Waals surface area contributed by atoms with Gasteiger partial charge >= 0.3 is 0 Å². The Morgan fingerprint density at radius 2 is 2.14 bits per heavy atom. The molecule has 0 atom stereocenters. The van der Waals surface area contributed by atoms with Gasteiger partial charge in [0.1, 0.15) is 0 Å². The van der Waals surface area contributed by atoms with Crippen molar-refractivity contribution in [3.63, 3.8) is 0 Å². The molecule has 2 heteroatoms. The Kier molecular flexibility index (Phi) is 2.30. The smallest absolute Gasteiger partial charge is 0.0526 e. The molecular formula is C12H16N2. The number of pyridine rings is 1. The molecule has 14 heavy (non-hydrogen) atoms. The van der Waals surface area contributed by atoms with Gasteiger partial charge in [0, 0.05) is 18.4 Å². The summed E-state index contributed by atoms with van der Waals surface area (Å²) in [5.74, 6) is 0. The number of hydrogen-bond acceptors (Lipinski definition) is 1. The fourth-order valence-corrected chi connectivity index (χ4v) is 2.03. The molecule has 1 N–H and O–H groups in total. The Hall–Kier alpha value is -1.28. The molecule has 0 spiro atoms. The number of aromatic nitrogens is 1. The van der Waals surface area contributed by atoms with Crippen LogP contribution in [-0.2, 0) is 6.54 Å². The fourth-order valence-electron chi connectivity index (χ4n) is 2.03. The molecule has 74 valence electrons. The van der Waals surface area contributed by atoms with Crippen molar-refractivity contribution < 1.29 is 0 Å². The SMILES string of the molecule is CNCc1cc(C)n2cccc(C)c12. The first kappa shape index (κ1) is 9.28. The van der Waals surface area contributed by atoms with Crippen molar-refractivity contribution in [2.24, 2.45) is 0 Å². The third kappa shape index (κ3) is 1.32. The Labute approximate surface area is 84.6 Å². The number of fused-ring (bicyclic) bond motifs is 1. The van der Waals surface area contributed by atoms with Crippen LogP contribution in [0.3, 0.4) is 0 Å². The van der Waals surface area contributed by atoms with Gasteiger partial charge in [0.15, 0.2) is 0 Å². The zero-order chi connectivity index (χ0) is 10.1. The van der Waals surface area contributed by atoms with Gasteiger partial charge in [-0.25, -0.2) is 0 Å². The lowest BCUT2D eigenvalue weighted by atomic mass is 10.2. The molecule has 2 rings (SSSR count). The van der Waals surface area contributed by atoms with E-state index >= 15 is 0 Å². The van der Waals surface area contributed by atoms with Crippen LogP contribution in [0.15, 0.2) is 24.4 Å². The molecule has 0 fully saturated rings. The van der Waals surface area contributed by atoms with Crippen molar-refractivity contribution in [2.75, 3.05) is 7.05 Å². The number of rotatable bonds is 2. The van der Waals surface area contributed by atoms with E-state index in [9.17, 15) is 0 Å². The van der Waals surface area contributed by atoms with Crippen molar-refractivity contribution >= 4 is 5.52 Å². The highest BCUT2D eigenvalue weighted by atomic mass is 14.9. The quantitative estimate of drug-likeness (QED) is 0.764. The van der Waals surface area contributed by atoms with Crippen LogP contribution in [0, 0.1) is 13.8 Å². The number of nitrogens with zero attached hydrogens (tertiary/aromatic N) is 1. The molecule has 2 nitrogen and oxygen atoms in total. The summed E-state index contributed by atoms with van der Waals surface area (Å²) in [6.45, 7) is 5.24. The molecule has 2 aromatic heterocycles. The molecular weight excluding hydrogens is 172 g/mol. The summed E-state index contributed by atoms with van der Waals surface area (Å²) in [4.78, 5) is 0. The molecule has 2 aromatic rings. The molecule has 0 amide bonds. The van der Waals surface area contributed by atoms with E-state index < -0.39 is 0 Å². The number of nitrogens with one attached hydrogen (secondary N) is 1. The molecule has 0 unspecified atom stereocenters. The predicted octanol–water partition coefficient (Wildman–Crippen LogP) is 2.28. The lowest BCUT2D eigenvalue weighted by Crippen LogP contribution is -2.04. The van der Waals surface area contributed by atoms with Crippen molar-refractivity contribution in [3.8, 4) is 0 Å². The van der Waals surface area contributed by atoms with Crippen LogP contribution in [-0.4, -0.2) is 11.4 Å². The van der Waals surface area contributed by atoms with E-state index in [0.29, 0.717) is 0 Å². The zero-order valence-electron chi connectivity index (χ0n) is 8.96. The molecule has 0 bridgehead atoms. The number of aryl methyl sites for hydroxylation is 2. The van der Waals surface area contributed by atoms with Gasteiger partial charge in [-0.15, -0.1) is 0 Å². The monoisotopic (exact) mass is 188 g/mol. The maximum absolute atomic E-state index is 3.20. The second-order valence-corrected chi connectivity index (χ2v) is 3.75. The molecule has 0 aliphatic heterocycles. The van der Waals surface area contributed by atoms with Crippen LogP contribution in [0.1, 0.15) is 16.8 Å². The van der Waals surface area contributed by atoms with Gasteiger partial charge in [0.2, 0.25) is 0 Å². The standard InChI is InChI=1S/C12H16N2/c1-9-5-4-6-14-10(2)7-11(8-13-3)12(9)14/h4-7,13H,8H2,1-3H3. The largest absolute Gasteiger partial charge is 0.321 e. The second-order valence-electron chi connectivity index (χ2n) is 3.75. The van der Waals surface area contributed by atoms with E-state index in [1.54, 1.807) is 0 Å². The average molecular weight is 188 g/mol. The summed E-state index contributed by atoms with van der Waals surface area (Å²) in [5.41, 5.74) is 5.36. The first-order valence-corrected chi connectivity index (χ1v) is 4.95. The van der Waals surface area contributed by atoms with E-state index in [4.69, 9.17) is 0 Å². The Bertz CT molecular complexity index is 455. The highest BCUT2D eigenvalue weighted by Crippen LogP contribution is 2.19. The summed E-state index contributed by atoms with van der Waals surface area (Å²) in [7, 11) is 1.98. The fraction of sp³-hybridized carbons (Fsp3) is 0.333. The van der Waals surface area contributed by atoms with Crippen molar-refractivity contribution in [1.29, 1.82) is 0 Å². The van der Waals surface area contributed by atoms with Crippen LogP contribution in [0.5, 0.6) is 0 Å². The summed E-state index contributed by atoms with van der Waals surface area (Å²) in [6, 6.07) is 6.51. The highest BCUT2D eigenvalue weighted by Gasteiger charge is 2.06. The van der Waals surface area contributed by atoms with E-state index in [-0.39, 0.29) is 0 Å². The predicted molar refractivity (Wildman–Crippen MR) is 59.6 cm³/mol. The Balaban J connectivity index is 2.72. The molecule has 0 radical (unpaired) electrons. The van der Waals surface area contributed by atoms with E-state index in [1.807, 2.05) is 7.05 Å². The van der Waals surface area contributed by atoms with Gasteiger partial charge in [-0.1, -0.05) is 6.07 Å². The van der Waals surface area contributed by atoms with Crippen molar-refractivity contribution in [3.05, 3.63) is 41.2 Å². The molecule has 0 aliphatic rings. The van der Waals surface area contributed by atoms with Crippen molar-refractivity contribution in [1.82, 2.24) is 9.72 Å². The summed E-state index contributed by atoms with van der Waals surface area (Å²) >= 11 is 0. The minimum Gasteiger partial charge on any atom is -0.321 e. The minimum atomic E-state index is 0.933. The normalized spacial score (nSPS) is 11.1. The molecule has 0 aromatic carbocycles. The maximum Gasteiger partial charge on any atom is 0.0526 e. The van der Waals surface area contributed by atoms with Gasteiger partial charge in [0.25, 0.3) is 0 Å². The Morgan fingerprint density at radius 3 is 2.86 bits per heavy atom. The van der Waals surface area contributed by atoms with Crippen LogP contribution in [0.2, 0.25) is 0 Å². The minimum absolute atomic E-state index is 0.933. The maximum atomic E-state index is 3.20. The second kappa shape index (κ2) is 3.46. The average Bonchev–Trinajstić information content (AvgIpc) is 2.46. The van der Waals surface area contributed by atoms with Crippen LogP contribution < -0.4 is 5.32 Å². The van der Waals surface area contributed by atoms with Gasteiger partial charge in [0.05, 0.1) is 5.52 Å². The summed E-state index contributed by atoms with van der Waals surface area (Å²) in [6.07, 6.45) is 2.12. The van der Waals surface area contributed by atoms with E-state index in [1.165, 1.54) is 22.3 Å². The number of hydrogen-bond donors (Lipinski definition) is 1. The van der Waals surface area contributed by atoms with Gasteiger partial charge in [-0.3, -0.25) is 0 Å². The van der Waals surface area contributed by atoms with Crippen LogP contribution in [0.25, 0.3) is 5.52 Å². The zero-order valence-corrected chi connectivity index (χ0v) is 8.96. The highest BCUT2D eigenvalue weighted by molar-refractivity contribution is 5.62. The Morgan fingerprint density at radius 1 is 1.36 bits per heavy atom. The van der Waals surface area contributed by atoms with Gasteiger partial charge < -0.3 is 9.72 Å². The lowest BCUT2D eigenvalue weighted by molar-refractivity contribution is 0.823. The van der Waals surface area contributed by atoms with Crippen LogP contribution >= 0.6 is 0 Å². The molecule has 0 saturated carbocycles. The topological polar surface area (TPSA) is 16.4 Å². The van der Waals surface area contributed by atoms with Gasteiger partial charge in [-0.05, 0) is 44.2 Å². The van der Waals surface area contributed by atoms with E-state index in [2.05, 4.69) is 48.0 Å². The molecule has 0 aliphatic carbocycles. The third-order valence-electron chi connectivity index (χ3n) is 2.63.